The minimum absolute atomic E-state index is 0. The van der Waals surface area contributed by atoms with Crippen molar-refractivity contribution in [1.29, 1.82) is 0 Å². The van der Waals surface area contributed by atoms with E-state index in [9.17, 15) is 0 Å². The summed E-state index contributed by atoms with van der Waals surface area (Å²) >= 11 is 0. The fourth-order valence-corrected chi connectivity index (χ4v) is 3.60. The van der Waals surface area contributed by atoms with Gasteiger partial charge >= 0.3 is 0 Å². The van der Waals surface area contributed by atoms with E-state index in [0.29, 0.717) is 12.0 Å². The number of aliphatic imine (C=N–C) groups is 1. The molecule has 3 rings (SSSR count). The van der Waals surface area contributed by atoms with Gasteiger partial charge in [-0.1, -0.05) is 24.3 Å². The second-order valence-corrected chi connectivity index (χ2v) is 6.63. The maximum atomic E-state index is 5.61. The summed E-state index contributed by atoms with van der Waals surface area (Å²) in [6.07, 6.45) is 2.39. The van der Waals surface area contributed by atoms with Crippen molar-refractivity contribution in [2.75, 3.05) is 40.5 Å². The van der Waals surface area contributed by atoms with E-state index in [2.05, 4.69) is 39.5 Å². The summed E-state index contributed by atoms with van der Waals surface area (Å²) in [4.78, 5) is 6.83. The summed E-state index contributed by atoms with van der Waals surface area (Å²) in [6.45, 7) is 5.36. The zero-order valence-electron chi connectivity index (χ0n) is 14.6. The van der Waals surface area contributed by atoms with Gasteiger partial charge < -0.3 is 19.7 Å². The van der Waals surface area contributed by atoms with Gasteiger partial charge in [-0.3, -0.25) is 4.99 Å². The summed E-state index contributed by atoms with van der Waals surface area (Å²) < 4.78 is 10.8. The second kappa shape index (κ2) is 9.01. The molecule has 0 radical (unpaired) electrons. The van der Waals surface area contributed by atoms with Crippen LogP contribution in [0.15, 0.2) is 29.3 Å². The Kier molecular flexibility index (Phi) is 7.31. The number of nitrogens with zero attached hydrogens (tertiary/aromatic N) is 2. The zero-order chi connectivity index (χ0) is 16.1. The predicted octanol–water partition coefficient (Wildman–Crippen LogP) is 2.64. The van der Waals surface area contributed by atoms with E-state index in [1.165, 1.54) is 24.0 Å². The van der Waals surface area contributed by atoms with Gasteiger partial charge in [0.05, 0.1) is 13.2 Å². The van der Waals surface area contributed by atoms with Gasteiger partial charge in [0.2, 0.25) is 0 Å². The Morgan fingerprint density at radius 3 is 2.92 bits per heavy atom. The van der Waals surface area contributed by atoms with Gasteiger partial charge in [0.1, 0.15) is 0 Å². The molecule has 2 heterocycles. The predicted molar refractivity (Wildman–Crippen MR) is 107 cm³/mol. The van der Waals surface area contributed by atoms with E-state index in [4.69, 9.17) is 9.47 Å². The third-order valence-electron chi connectivity index (χ3n) is 4.89. The van der Waals surface area contributed by atoms with Crippen molar-refractivity contribution < 1.29 is 9.47 Å². The van der Waals surface area contributed by atoms with Crippen LogP contribution < -0.4 is 5.32 Å². The van der Waals surface area contributed by atoms with Crippen molar-refractivity contribution in [3.8, 4) is 0 Å². The van der Waals surface area contributed by atoms with Crippen LogP contribution in [0.2, 0.25) is 0 Å². The zero-order valence-corrected chi connectivity index (χ0v) is 16.9. The number of halogens is 1. The Hall–Kier alpha value is -0.860. The molecule has 2 aliphatic heterocycles. The van der Waals surface area contributed by atoms with Gasteiger partial charge in [-0.25, -0.2) is 0 Å². The third-order valence-corrected chi connectivity index (χ3v) is 4.89. The number of rotatable bonds is 4. The van der Waals surface area contributed by atoms with Crippen molar-refractivity contribution in [2.45, 2.75) is 26.0 Å². The first-order valence-electron chi connectivity index (χ1n) is 8.35. The third kappa shape index (κ3) is 4.61. The molecule has 1 aromatic rings. The number of methoxy groups -OCH3 is 1. The molecule has 1 aromatic carbocycles. The molecule has 0 bridgehead atoms. The molecule has 0 aliphatic carbocycles. The molecule has 1 spiro atoms. The van der Waals surface area contributed by atoms with Gasteiger partial charge in [-0.15, -0.1) is 24.0 Å². The highest BCUT2D eigenvalue weighted by Gasteiger charge is 2.42. The van der Waals surface area contributed by atoms with Gasteiger partial charge in [0.25, 0.3) is 0 Å². The summed E-state index contributed by atoms with van der Waals surface area (Å²) in [6, 6.07) is 8.48. The van der Waals surface area contributed by atoms with Gasteiger partial charge in [-0.05, 0) is 24.0 Å². The van der Waals surface area contributed by atoms with Crippen LogP contribution in [0.1, 0.15) is 24.0 Å². The molecular weight excluding hydrogens is 417 g/mol. The number of benzene rings is 1. The lowest BCUT2D eigenvalue weighted by Crippen LogP contribution is -2.41. The average Bonchev–Trinajstić information content (AvgIpc) is 3.19. The number of guanidine groups is 1. The minimum Gasteiger partial charge on any atom is -0.381 e. The molecule has 0 amide bonds. The minimum atomic E-state index is 0. The number of nitrogens with one attached hydrogen (secondary N) is 1. The monoisotopic (exact) mass is 445 g/mol. The molecule has 1 atom stereocenters. The smallest absolute Gasteiger partial charge is 0.193 e. The van der Waals surface area contributed by atoms with Crippen LogP contribution in [0.5, 0.6) is 0 Å². The molecule has 24 heavy (non-hydrogen) atoms. The van der Waals surface area contributed by atoms with E-state index in [-0.39, 0.29) is 24.0 Å². The number of hydrogen-bond donors (Lipinski definition) is 1. The molecule has 0 saturated carbocycles. The van der Waals surface area contributed by atoms with Crippen LogP contribution in [0.25, 0.3) is 0 Å². The quantitative estimate of drug-likeness (QED) is 0.440. The first kappa shape index (κ1) is 19.5. The highest BCUT2D eigenvalue weighted by atomic mass is 127. The molecule has 2 aliphatic rings. The normalized spacial score (nSPS) is 23.6. The lowest BCUT2D eigenvalue weighted by Gasteiger charge is -2.25. The molecule has 134 valence electrons. The molecule has 1 unspecified atom stereocenters. The summed E-state index contributed by atoms with van der Waals surface area (Å²) in [5.41, 5.74) is 2.81. The topological polar surface area (TPSA) is 46.1 Å². The maximum Gasteiger partial charge on any atom is 0.193 e. The molecular formula is C18H28IN3O2. The molecule has 0 aromatic heterocycles. The summed E-state index contributed by atoms with van der Waals surface area (Å²) in [5.74, 6) is 0.992. The van der Waals surface area contributed by atoms with Crippen LogP contribution in [0, 0.1) is 5.41 Å². The van der Waals surface area contributed by atoms with Crippen LogP contribution in [-0.2, 0) is 22.6 Å². The molecule has 2 fully saturated rings. The van der Waals surface area contributed by atoms with E-state index in [0.717, 1.165) is 38.8 Å². The lowest BCUT2D eigenvalue weighted by molar-refractivity contribution is 0.156. The maximum absolute atomic E-state index is 5.61. The van der Waals surface area contributed by atoms with E-state index < -0.39 is 0 Å². The summed E-state index contributed by atoms with van der Waals surface area (Å²) in [7, 11) is 3.59. The van der Waals surface area contributed by atoms with E-state index >= 15 is 0 Å². The fourth-order valence-electron chi connectivity index (χ4n) is 3.60. The van der Waals surface area contributed by atoms with Crippen LogP contribution in [0.4, 0.5) is 0 Å². The first-order chi connectivity index (χ1) is 11.2. The Morgan fingerprint density at radius 2 is 2.21 bits per heavy atom. The van der Waals surface area contributed by atoms with Gasteiger partial charge in [0.15, 0.2) is 5.96 Å². The second-order valence-electron chi connectivity index (χ2n) is 6.63. The van der Waals surface area contributed by atoms with E-state index in [1.54, 1.807) is 7.11 Å². The van der Waals surface area contributed by atoms with E-state index in [1.807, 2.05) is 7.05 Å². The van der Waals surface area contributed by atoms with Gasteiger partial charge in [-0.2, -0.15) is 0 Å². The molecule has 1 N–H and O–H groups in total. The fraction of sp³-hybridized carbons (Fsp3) is 0.611. The van der Waals surface area contributed by atoms with Crippen LogP contribution in [0.3, 0.4) is 0 Å². The van der Waals surface area contributed by atoms with Gasteiger partial charge in [0, 0.05) is 45.8 Å². The lowest BCUT2D eigenvalue weighted by atomic mass is 9.87. The first-order valence-corrected chi connectivity index (χ1v) is 8.35. The standard InChI is InChI=1S/C18H27N3O2.HI/c1-19-17(21-8-6-18(13-21)7-9-23-14-18)20-11-15-4-3-5-16(10-15)12-22-2;/h3-5,10H,6-9,11-14H2,1-2H3,(H,19,20);1H. The van der Waals surface area contributed by atoms with Crippen LogP contribution >= 0.6 is 24.0 Å². The Labute approximate surface area is 161 Å². The molecule has 2 saturated heterocycles. The SMILES string of the molecule is CN=C(NCc1cccc(COC)c1)N1CCC2(CCOC2)C1.I. The molecule has 5 nitrogen and oxygen atoms in total. The van der Waals surface area contributed by atoms with Crippen LogP contribution in [-0.4, -0.2) is 51.3 Å². The number of hydrogen-bond acceptors (Lipinski definition) is 3. The average molecular weight is 445 g/mol. The van der Waals surface area contributed by atoms with Crippen molar-refractivity contribution in [2.24, 2.45) is 10.4 Å². The number of likely N-dealkylation sites (tertiary alicyclic amines) is 1. The Bertz CT molecular complexity index is 559. The number of ether oxygens (including phenoxy) is 2. The summed E-state index contributed by atoms with van der Waals surface area (Å²) in [5, 5.41) is 3.50. The Balaban J connectivity index is 0.00000208. The van der Waals surface area contributed by atoms with Crippen molar-refractivity contribution >= 4 is 29.9 Å². The van der Waals surface area contributed by atoms with Crippen molar-refractivity contribution in [3.05, 3.63) is 35.4 Å². The largest absolute Gasteiger partial charge is 0.381 e. The highest BCUT2D eigenvalue weighted by molar-refractivity contribution is 14.0. The Morgan fingerprint density at radius 1 is 1.38 bits per heavy atom. The van der Waals surface area contributed by atoms with Crippen molar-refractivity contribution in [3.63, 3.8) is 0 Å². The molecule has 6 heteroatoms. The van der Waals surface area contributed by atoms with Crippen molar-refractivity contribution in [1.82, 2.24) is 10.2 Å². The highest BCUT2D eigenvalue weighted by Crippen LogP contribution is 2.38.